The molecule has 9 heteroatoms. The molecule has 172 valence electrons. The number of nitrogens with zero attached hydrogens (tertiary/aromatic N) is 1. The molecule has 0 aromatic heterocycles. The smallest absolute Gasteiger partial charge is 0.262 e. The van der Waals surface area contributed by atoms with Crippen molar-refractivity contribution in [2.75, 3.05) is 6.61 Å². The van der Waals surface area contributed by atoms with Crippen LogP contribution in [-0.2, 0) is 9.59 Å². The average Bonchev–Trinajstić information content (AvgIpc) is 2.70. The Morgan fingerprint density at radius 1 is 1.16 bits per heavy atom. The van der Waals surface area contributed by atoms with Crippen LogP contribution in [-0.4, -0.2) is 35.8 Å². The lowest BCUT2D eigenvalue weighted by Gasteiger charge is -2.19. The number of rotatable bonds is 9. The molecule has 2 aromatic rings. The number of hydrogen-bond acceptors (Lipinski definition) is 5. The summed E-state index contributed by atoms with van der Waals surface area (Å²) >= 11 is 6.49. The number of phenols is 1. The molecule has 0 aliphatic carbocycles. The molecule has 3 N–H and O–H groups in total. The molecular formula is C23H27Br2N3O4. The van der Waals surface area contributed by atoms with Crippen molar-refractivity contribution in [3.8, 4) is 11.5 Å². The number of aryl methyl sites for hydroxylation is 2. The summed E-state index contributed by atoms with van der Waals surface area (Å²) in [5.41, 5.74) is 5.01. The quantitative estimate of drug-likeness (QED) is 0.304. The number of carbonyl (C=O) groups excluding carboxylic acids is 2. The molecule has 0 bridgehead atoms. The Morgan fingerprint density at radius 3 is 2.31 bits per heavy atom. The van der Waals surface area contributed by atoms with Crippen molar-refractivity contribution in [3.05, 3.63) is 56.0 Å². The molecule has 0 saturated heterocycles. The maximum Gasteiger partial charge on any atom is 0.262 e. The van der Waals surface area contributed by atoms with Crippen molar-refractivity contribution in [2.45, 2.75) is 40.2 Å². The van der Waals surface area contributed by atoms with E-state index in [0.29, 0.717) is 26.7 Å². The summed E-state index contributed by atoms with van der Waals surface area (Å²) in [5.74, 6) is 0.118. The van der Waals surface area contributed by atoms with Crippen LogP contribution in [0.1, 0.15) is 37.0 Å². The van der Waals surface area contributed by atoms with Crippen molar-refractivity contribution in [3.63, 3.8) is 0 Å². The summed E-state index contributed by atoms with van der Waals surface area (Å²) in [4.78, 5) is 25.1. The summed E-state index contributed by atoms with van der Waals surface area (Å²) in [6.45, 7) is 7.58. The molecule has 0 aliphatic heterocycles. The second kappa shape index (κ2) is 12.0. The van der Waals surface area contributed by atoms with Gasteiger partial charge in [0.1, 0.15) is 17.5 Å². The van der Waals surface area contributed by atoms with Gasteiger partial charge in [-0.05, 0) is 86.9 Å². The van der Waals surface area contributed by atoms with Crippen LogP contribution in [0.5, 0.6) is 11.5 Å². The predicted octanol–water partition coefficient (Wildman–Crippen LogP) is 4.59. The number of para-hydroxylation sites is 1. The molecule has 0 spiro atoms. The van der Waals surface area contributed by atoms with E-state index in [1.807, 2.05) is 45.9 Å². The maximum atomic E-state index is 12.6. The Kier molecular flexibility index (Phi) is 9.71. The van der Waals surface area contributed by atoms with E-state index in [1.165, 1.54) is 6.21 Å². The summed E-state index contributed by atoms with van der Waals surface area (Å²) in [7, 11) is 0. The van der Waals surface area contributed by atoms with E-state index < -0.39 is 11.9 Å². The molecule has 2 aromatic carbocycles. The number of ether oxygens (including phenoxy) is 1. The molecule has 1 atom stereocenters. The highest BCUT2D eigenvalue weighted by atomic mass is 79.9. The molecule has 2 rings (SSSR count). The second-order valence-electron chi connectivity index (χ2n) is 7.83. The van der Waals surface area contributed by atoms with E-state index in [1.54, 1.807) is 12.1 Å². The van der Waals surface area contributed by atoms with E-state index in [9.17, 15) is 14.7 Å². The van der Waals surface area contributed by atoms with Gasteiger partial charge in [0.15, 0.2) is 6.61 Å². The highest BCUT2D eigenvalue weighted by Gasteiger charge is 2.22. The molecule has 0 unspecified atom stereocenters. The van der Waals surface area contributed by atoms with Crippen LogP contribution in [0, 0.1) is 19.8 Å². The Labute approximate surface area is 204 Å². The lowest BCUT2D eigenvalue weighted by Crippen LogP contribution is -2.47. The molecule has 7 nitrogen and oxygen atoms in total. The van der Waals surface area contributed by atoms with Gasteiger partial charge in [0.2, 0.25) is 0 Å². The van der Waals surface area contributed by atoms with Crippen molar-refractivity contribution in [1.82, 2.24) is 10.7 Å². The Balaban J connectivity index is 1.99. The van der Waals surface area contributed by atoms with E-state index in [2.05, 4.69) is 47.7 Å². The van der Waals surface area contributed by atoms with Gasteiger partial charge in [-0.15, -0.1) is 0 Å². The number of phenolic OH excluding ortho intramolecular Hbond substituents is 1. The standard InChI is InChI=1S/C23H27Br2N3O4/c1-13(2)8-19(27-20(29)12-32-22-14(3)6-5-7-15(22)4)23(31)28-26-11-16-9-17(24)21(30)18(25)10-16/h5-7,9-11,13,19,30H,8,12H2,1-4H3,(H,27,29)(H,28,31)/b26-11-/t19-/m1/s1. The van der Waals surface area contributed by atoms with Gasteiger partial charge >= 0.3 is 0 Å². The van der Waals surface area contributed by atoms with Gasteiger partial charge in [0.05, 0.1) is 15.2 Å². The number of amides is 2. The topological polar surface area (TPSA) is 100 Å². The van der Waals surface area contributed by atoms with Gasteiger partial charge in [0, 0.05) is 0 Å². The minimum Gasteiger partial charge on any atom is -0.506 e. The van der Waals surface area contributed by atoms with Crippen molar-refractivity contribution in [2.24, 2.45) is 11.0 Å². The van der Waals surface area contributed by atoms with E-state index in [4.69, 9.17) is 4.74 Å². The molecule has 0 heterocycles. The molecular weight excluding hydrogens is 542 g/mol. The fourth-order valence-corrected chi connectivity index (χ4v) is 4.23. The van der Waals surface area contributed by atoms with Gasteiger partial charge in [0.25, 0.3) is 11.8 Å². The number of halogens is 2. The SMILES string of the molecule is Cc1cccc(C)c1OCC(=O)N[C@H](CC(C)C)C(=O)N/N=C\c1cc(Br)c(O)c(Br)c1. The number of hydrazone groups is 1. The normalized spacial score (nSPS) is 12.1. The molecule has 2 amide bonds. The van der Waals surface area contributed by atoms with E-state index in [-0.39, 0.29) is 24.2 Å². The van der Waals surface area contributed by atoms with E-state index in [0.717, 1.165) is 11.1 Å². The Morgan fingerprint density at radius 2 is 1.75 bits per heavy atom. The van der Waals surface area contributed by atoms with Crippen LogP contribution in [0.4, 0.5) is 0 Å². The summed E-state index contributed by atoms with van der Waals surface area (Å²) < 4.78 is 6.67. The van der Waals surface area contributed by atoms with Crippen molar-refractivity contribution < 1.29 is 19.4 Å². The fraction of sp³-hybridized carbons (Fsp3) is 0.348. The Bertz CT molecular complexity index is 965. The van der Waals surface area contributed by atoms with Gasteiger partial charge in [-0.3, -0.25) is 9.59 Å². The Hall–Kier alpha value is -2.39. The average molecular weight is 569 g/mol. The first-order chi connectivity index (χ1) is 15.1. The largest absolute Gasteiger partial charge is 0.506 e. The zero-order valence-electron chi connectivity index (χ0n) is 18.4. The van der Waals surface area contributed by atoms with Gasteiger partial charge in [-0.25, -0.2) is 5.43 Å². The van der Waals surface area contributed by atoms with Crippen LogP contribution in [0.2, 0.25) is 0 Å². The monoisotopic (exact) mass is 567 g/mol. The highest BCUT2D eigenvalue weighted by Crippen LogP contribution is 2.32. The van der Waals surface area contributed by atoms with Crippen LogP contribution in [0.15, 0.2) is 44.4 Å². The predicted molar refractivity (Wildman–Crippen MR) is 132 cm³/mol. The van der Waals surface area contributed by atoms with Gasteiger partial charge < -0.3 is 15.2 Å². The number of benzene rings is 2. The third-order valence-corrected chi connectivity index (χ3v) is 5.75. The minimum atomic E-state index is -0.750. The number of aromatic hydroxyl groups is 1. The van der Waals surface area contributed by atoms with Gasteiger partial charge in [-0.2, -0.15) is 5.10 Å². The second-order valence-corrected chi connectivity index (χ2v) is 9.54. The number of carbonyl (C=O) groups is 2. The van der Waals surface area contributed by atoms with Crippen molar-refractivity contribution >= 4 is 49.9 Å². The third kappa shape index (κ3) is 7.63. The van der Waals surface area contributed by atoms with Crippen LogP contribution >= 0.6 is 31.9 Å². The third-order valence-electron chi connectivity index (χ3n) is 4.54. The lowest BCUT2D eigenvalue weighted by atomic mass is 10.0. The fourth-order valence-electron chi connectivity index (χ4n) is 3.01. The first kappa shape index (κ1) is 25.9. The number of nitrogens with one attached hydrogen (secondary N) is 2. The number of hydrogen-bond donors (Lipinski definition) is 3. The van der Waals surface area contributed by atoms with Gasteiger partial charge in [-0.1, -0.05) is 32.0 Å². The molecule has 0 aliphatic rings. The molecule has 0 radical (unpaired) electrons. The summed E-state index contributed by atoms with van der Waals surface area (Å²) in [5, 5.41) is 16.5. The first-order valence-corrected chi connectivity index (χ1v) is 11.7. The van der Waals surface area contributed by atoms with Crippen LogP contribution < -0.4 is 15.5 Å². The minimum absolute atomic E-state index is 0.0778. The molecule has 32 heavy (non-hydrogen) atoms. The van der Waals surface area contributed by atoms with Crippen LogP contribution in [0.25, 0.3) is 0 Å². The molecule has 0 saturated carbocycles. The highest BCUT2D eigenvalue weighted by molar-refractivity contribution is 9.11. The van der Waals surface area contributed by atoms with Crippen LogP contribution in [0.3, 0.4) is 0 Å². The molecule has 0 fully saturated rings. The first-order valence-electron chi connectivity index (χ1n) is 10.1. The summed E-state index contributed by atoms with van der Waals surface area (Å²) in [6.07, 6.45) is 1.90. The zero-order valence-corrected chi connectivity index (χ0v) is 21.6. The summed E-state index contributed by atoms with van der Waals surface area (Å²) in [6, 6.07) is 8.33. The zero-order chi connectivity index (χ0) is 23.8. The lowest BCUT2D eigenvalue weighted by molar-refractivity contribution is -0.130. The maximum absolute atomic E-state index is 12.6. The van der Waals surface area contributed by atoms with Crippen molar-refractivity contribution in [1.29, 1.82) is 0 Å². The van der Waals surface area contributed by atoms with E-state index >= 15 is 0 Å².